The van der Waals surface area contributed by atoms with Crippen LogP contribution in [-0.4, -0.2) is 37.7 Å². The van der Waals surface area contributed by atoms with Gasteiger partial charge in [-0.2, -0.15) is 0 Å². The summed E-state index contributed by atoms with van der Waals surface area (Å²) in [4.78, 5) is 35.1. The molecule has 2 aliphatic rings. The van der Waals surface area contributed by atoms with Crippen molar-refractivity contribution in [2.45, 2.75) is 45.8 Å². The zero-order chi connectivity index (χ0) is 27.4. The van der Waals surface area contributed by atoms with Gasteiger partial charge in [0.1, 0.15) is 11.7 Å². The monoisotopic (exact) mass is 530 g/mol. The highest BCUT2D eigenvalue weighted by Crippen LogP contribution is 2.49. The minimum absolute atomic E-state index is 0.316. The molecule has 2 fully saturated rings. The minimum Gasteiger partial charge on any atom is -0.494 e. The van der Waals surface area contributed by atoms with Crippen molar-refractivity contribution in [3.8, 4) is 17.2 Å². The van der Waals surface area contributed by atoms with Crippen molar-refractivity contribution >= 4 is 23.2 Å². The number of ether oxygens (including phenoxy) is 3. The van der Waals surface area contributed by atoms with E-state index in [2.05, 4.69) is 6.92 Å². The van der Waals surface area contributed by atoms with E-state index >= 15 is 0 Å². The van der Waals surface area contributed by atoms with E-state index in [1.807, 2.05) is 62.4 Å². The van der Waals surface area contributed by atoms with Crippen molar-refractivity contribution in [1.82, 2.24) is 0 Å². The Bertz CT molecular complexity index is 1310. The molecule has 0 spiro atoms. The first kappa shape index (κ1) is 26.6. The number of amides is 2. The second kappa shape index (κ2) is 11.8. The number of benzene rings is 3. The van der Waals surface area contributed by atoms with Crippen molar-refractivity contribution in [3.63, 3.8) is 0 Å². The van der Waals surface area contributed by atoms with Crippen LogP contribution in [0.15, 0.2) is 72.8 Å². The minimum atomic E-state index is -0.963. The lowest BCUT2D eigenvalue weighted by Gasteiger charge is -2.29. The van der Waals surface area contributed by atoms with Crippen LogP contribution in [-0.2, 0) is 14.4 Å². The van der Waals surface area contributed by atoms with Gasteiger partial charge < -0.3 is 14.2 Å². The first-order valence-corrected chi connectivity index (χ1v) is 13.6. The zero-order valence-electron chi connectivity index (χ0n) is 22.5. The topological polar surface area (TPSA) is 77.5 Å². The molecule has 8 heteroatoms. The second-order valence-corrected chi connectivity index (χ2v) is 9.44. The van der Waals surface area contributed by atoms with Gasteiger partial charge in [-0.05, 0) is 62.2 Å². The van der Waals surface area contributed by atoms with Crippen LogP contribution in [0.25, 0.3) is 0 Å². The Balaban J connectivity index is 1.54. The largest absolute Gasteiger partial charge is 0.494 e. The van der Waals surface area contributed by atoms with Gasteiger partial charge in [0.2, 0.25) is 5.91 Å². The van der Waals surface area contributed by atoms with Gasteiger partial charge >= 0.3 is 0 Å². The Hall–Kier alpha value is -4.04. The average molecular weight is 531 g/mol. The number of hydroxylamine groups is 1. The second-order valence-electron chi connectivity index (χ2n) is 9.44. The third kappa shape index (κ3) is 5.16. The molecule has 0 aromatic heterocycles. The summed E-state index contributed by atoms with van der Waals surface area (Å²) in [6.07, 6.45) is 0.998. The maximum Gasteiger partial charge on any atom is 0.266 e. The van der Waals surface area contributed by atoms with E-state index in [9.17, 15) is 9.59 Å². The van der Waals surface area contributed by atoms with Gasteiger partial charge in [-0.3, -0.25) is 14.4 Å². The maximum atomic E-state index is 14.0. The fraction of sp³-hybridized carbons (Fsp3) is 0.355. The normalized spacial score (nSPS) is 20.3. The molecule has 0 bridgehead atoms. The number of hydrogen-bond acceptors (Lipinski definition) is 7. The van der Waals surface area contributed by atoms with E-state index in [-0.39, 0.29) is 5.91 Å². The van der Waals surface area contributed by atoms with Gasteiger partial charge in [-0.1, -0.05) is 43.7 Å². The van der Waals surface area contributed by atoms with Crippen LogP contribution < -0.4 is 24.2 Å². The van der Waals surface area contributed by atoms with Crippen LogP contribution in [0.2, 0.25) is 0 Å². The highest BCUT2D eigenvalue weighted by molar-refractivity contribution is 6.24. The van der Waals surface area contributed by atoms with Crippen LogP contribution in [0.4, 0.5) is 11.4 Å². The van der Waals surface area contributed by atoms with Gasteiger partial charge in [0.05, 0.1) is 37.2 Å². The number of carbonyl (C=O) groups excluding carboxylic acids is 2. The molecule has 0 radical (unpaired) electrons. The predicted molar refractivity (Wildman–Crippen MR) is 148 cm³/mol. The Morgan fingerprint density at radius 2 is 1.54 bits per heavy atom. The lowest BCUT2D eigenvalue weighted by Crippen LogP contribution is -2.37. The molecule has 3 aromatic carbocycles. The predicted octanol–water partition coefficient (Wildman–Crippen LogP) is 5.71. The van der Waals surface area contributed by atoms with E-state index in [0.29, 0.717) is 42.8 Å². The molecule has 8 nitrogen and oxygen atoms in total. The average Bonchev–Trinajstić information content (AvgIpc) is 3.46. The lowest BCUT2D eigenvalue weighted by atomic mass is 9.90. The molecule has 2 aliphatic heterocycles. The Kier molecular flexibility index (Phi) is 8.02. The highest BCUT2D eigenvalue weighted by Gasteiger charge is 2.60. The summed E-state index contributed by atoms with van der Waals surface area (Å²) in [5.74, 6) is 0.375. The summed E-state index contributed by atoms with van der Waals surface area (Å²) < 4.78 is 17.5. The summed E-state index contributed by atoms with van der Waals surface area (Å²) in [5, 5.41) is 1.68. The smallest absolute Gasteiger partial charge is 0.266 e. The van der Waals surface area contributed by atoms with Crippen LogP contribution in [0.1, 0.15) is 45.2 Å². The number of para-hydroxylation sites is 1. The van der Waals surface area contributed by atoms with Crippen LogP contribution in [0.3, 0.4) is 0 Å². The van der Waals surface area contributed by atoms with E-state index in [1.54, 1.807) is 29.3 Å². The van der Waals surface area contributed by atoms with Crippen molar-refractivity contribution in [1.29, 1.82) is 0 Å². The molecule has 0 aliphatic carbocycles. The number of nitrogens with zero attached hydrogens (tertiary/aromatic N) is 2. The molecule has 0 saturated carbocycles. The van der Waals surface area contributed by atoms with Gasteiger partial charge in [0.15, 0.2) is 17.6 Å². The fourth-order valence-electron chi connectivity index (χ4n) is 5.11. The summed E-state index contributed by atoms with van der Waals surface area (Å²) >= 11 is 0. The van der Waals surface area contributed by atoms with E-state index in [1.165, 1.54) is 4.90 Å². The molecule has 3 aromatic rings. The number of rotatable bonds is 11. The molecular weight excluding hydrogens is 496 g/mol. The zero-order valence-corrected chi connectivity index (χ0v) is 22.5. The molecule has 2 amide bonds. The van der Waals surface area contributed by atoms with Crippen LogP contribution in [0, 0.1) is 5.92 Å². The molecular formula is C31H34N2O6. The number of hydrogen-bond donors (Lipinski definition) is 0. The molecule has 204 valence electrons. The van der Waals surface area contributed by atoms with Gasteiger partial charge in [0, 0.05) is 6.07 Å². The third-order valence-electron chi connectivity index (χ3n) is 6.88. The van der Waals surface area contributed by atoms with Gasteiger partial charge in [0.25, 0.3) is 5.91 Å². The molecule has 5 rings (SSSR count). The summed E-state index contributed by atoms with van der Waals surface area (Å²) in [6.45, 7) is 7.45. The molecule has 3 atom stereocenters. The lowest BCUT2D eigenvalue weighted by molar-refractivity contribution is -0.126. The molecule has 0 N–H and O–H groups in total. The van der Waals surface area contributed by atoms with E-state index < -0.39 is 24.0 Å². The van der Waals surface area contributed by atoms with Crippen molar-refractivity contribution in [2.24, 2.45) is 5.92 Å². The van der Waals surface area contributed by atoms with Gasteiger partial charge in [-0.25, -0.2) is 9.96 Å². The highest BCUT2D eigenvalue weighted by atomic mass is 16.7. The maximum absolute atomic E-state index is 14.0. The quantitative estimate of drug-likeness (QED) is 0.232. The summed E-state index contributed by atoms with van der Waals surface area (Å²) in [5.41, 5.74) is 2.01. The van der Waals surface area contributed by atoms with Gasteiger partial charge in [-0.15, -0.1) is 0 Å². The van der Waals surface area contributed by atoms with Crippen LogP contribution >= 0.6 is 0 Å². The first-order valence-electron chi connectivity index (χ1n) is 13.6. The molecule has 2 saturated heterocycles. The number of carbonyl (C=O) groups is 2. The van der Waals surface area contributed by atoms with Crippen molar-refractivity contribution < 1.29 is 28.6 Å². The number of unbranched alkanes of at least 4 members (excludes halogenated alkanes) is 1. The Morgan fingerprint density at radius 3 is 2.28 bits per heavy atom. The first-order chi connectivity index (χ1) is 19.1. The summed E-state index contributed by atoms with van der Waals surface area (Å²) in [7, 11) is 0. The van der Waals surface area contributed by atoms with Crippen molar-refractivity contribution in [2.75, 3.05) is 29.8 Å². The third-order valence-corrected chi connectivity index (χ3v) is 6.88. The molecule has 0 unspecified atom stereocenters. The van der Waals surface area contributed by atoms with E-state index in [4.69, 9.17) is 19.0 Å². The SMILES string of the molecule is CCCCOc1ccc([C@@H]2[C@@H]3C(=O)N(c4cccc(OCC)c4)C(=O)[C@H]3ON2c2ccccc2)cc1OCC. The Morgan fingerprint density at radius 1 is 0.769 bits per heavy atom. The number of anilines is 2. The van der Waals surface area contributed by atoms with Crippen molar-refractivity contribution in [3.05, 3.63) is 78.4 Å². The number of imide groups is 1. The summed E-state index contributed by atoms with van der Waals surface area (Å²) in [6, 6.07) is 21.7. The standard InChI is InChI=1S/C31H34N2O6/c1-4-7-18-38-25-17-16-21(19-26(25)37-6-3)28-27-29(39-33(28)22-12-9-8-10-13-22)31(35)32(30(27)34)23-14-11-15-24(20-23)36-5-2/h8-17,19-20,27-29H,4-7,18H2,1-3H3/t27-,28+,29-/m0/s1. The van der Waals surface area contributed by atoms with Crippen LogP contribution in [0.5, 0.6) is 17.2 Å². The fourth-order valence-corrected chi connectivity index (χ4v) is 5.11. The Labute approximate surface area is 229 Å². The molecule has 2 heterocycles. The molecule has 39 heavy (non-hydrogen) atoms. The number of fused-ring (bicyclic) bond motifs is 1. The van der Waals surface area contributed by atoms with E-state index in [0.717, 1.165) is 24.1 Å².